The summed E-state index contributed by atoms with van der Waals surface area (Å²) in [5, 5.41) is 0. The Morgan fingerprint density at radius 2 is 1.74 bits per heavy atom. The number of nitrogens with zero attached hydrogens (tertiary/aromatic N) is 1. The molecule has 8 heteroatoms. The number of carbonyl (C=O) groups is 1. The van der Waals surface area contributed by atoms with Crippen LogP contribution in [0, 0.1) is 0 Å². The molecule has 23 heavy (non-hydrogen) atoms. The van der Waals surface area contributed by atoms with E-state index < -0.39 is 9.23 Å². The van der Waals surface area contributed by atoms with Gasteiger partial charge in [0.15, 0.2) is 5.58 Å². The lowest BCUT2D eigenvalue weighted by Crippen LogP contribution is -2.00. The zero-order valence-electron chi connectivity index (χ0n) is 11.9. The van der Waals surface area contributed by atoms with E-state index in [4.69, 9.17) is 8.63 Å². The fourth-order valence-corrected chi connectivity index (χ4v) is 1.86. The minimum atomic E-state index is -1.67. The number of ether oxygens (including phenoxy) is 1. The fraction of sp³-hybridized carbons (Fsp3) is 0.0667. The van der Waals surface area contributed by atoms with Crippen molar-refractivity contribution in [3.05, 3.63) is 54.1 Å². The normalized spacial score (nSPS) is 10.3. The molecule has 0 N–H and O–H groups in total. The summed E-state index contributed by atoms with van der Waals surface area (Å²) in [7, 11) is 8.72. The summed E-state index contributed by atoms with van der Waals surface area (Å²) in [6, 6.07) is 14.5. The van der Waals surface area contributed by atoms with Crippen molar-refractivity contribution in [2.75, 3.05) is 7.11 Å². The predicted molar refractivity (Wildman–Crippen MR) is 90.6 cm³/mol. The number of hydrogen-bond donors (Lipinski definition) is 0. The number of methoxy groups -OCH3 is 1. The lowest BCUT2D eigenvalue weighted by atomic mass is 10.1. The number of para-hydroxylation sites is 2. The number of esters is 1. The third kappa shape index (κ3) is 4.79. The van der Waals surface area contributed by atoms with Crippen LogP contribution in [0.5, 0.6) is 0 Å². The maximum atomic E-state index is 11.3. The van der Waals surface area contributed by atoms with Gasteiger partial charge in [-0.3, -0.25) is 0 Å². The molecular formula is C15H11Cl2NO4S. The number of hydrogen-bond acceptors (Lipinski definition) is 5. The van der Waals surface area contributed by atoms with Crippen LogP contribution in [-0.2, 0) is 14.0 Å². The summed E-state index contributed by atoms with van der Waals surface area (Å²) in [5.74, 6) is 0.182. The Labute approximate surface area is 143 Å². The lowest BCUT2D eigenvalue weighted by Gasteiger charge is -1.99. The third-order valence-electron chi connectivity index (χ3n) is 2.85. The Bertz CT molecular complexity index is 796. The molecule has 0 aliphatic rings. The van der Waals surface area contributed by atoms with Crippen LogP contribution < -0.4 is 0 Å². The highest BCUT2D eigenvalue weighted by Gasteiger charge is 2.09. The second-order valence-corrected chi connectivity index (χ2v) is 6.76. The first-order chi connectivity index (χ1) is 11.0. The van der Waals surface area contributed by atoms with Gasteiger partial charge in [-0.1, -0.05) is 12.1 Å². The van der Waals surface area contributed by atoms with Crippen LogP contribution in [0.4, 0.5) is 0 Å². The van der Waals surface area contributed by atoms with Crippen molar-refractivity contribution in [1.82, 2.24) is 4.98 Å². The zero-order valence-corrected chi connectivity index (χ0v) is 14.2. The first-order valence-corrected chi connectivity index (χ1v) is 9.10. The molecule has 0 spiro atoms. The van der Waals surface area contributed by atoms with E-state index in [2.05, 4.69) is 31.1 Å². The average Bonchev–Trinajstić information content (AvgIpc) is 2.98. The van der Waals surface area contributed by atoms with Crippen LogP contribution in [0.25, 0.3) is 22.6 Å². The second-order valence-electron chi connectivity index (χ2n) is 4.24. The molecule has 0 amide bonds. The van der Waals surface area contributed by atoms with E-state index >= 15 is 0 Å². The van der Waals surface area contributed by atoms with Gasteiger partial charge in [0.1, 0.15) is 5.52 Å². The van der Waals surface area contributed by atoms with Gasteiger partial charge in [0, 0.05) is 26.9 Å². The Hall–Kier alpha value is -1.89. The van der Waals surface area contributed by atoms with E-state index in [1.54, 1.807) is 24.3 Å². The molecule has 0 aliphatic heterocycles. The van der Waals surface area contributed by atoms with Crippen LogP contribution in [-0.4, -0.2) is 22.3 Å². The molecule has 1 aromatic heterocycles. The molecule has 0 saturated heterocycles. The largest absolute Gasteiger partial charge is 0.465 e. The van der Waals surface area contributed by atoms with E-state index in [1.807, 2.05) is 24.3 Å². The zero-order chi connectivity index (χ0) is 16.8. The highest BCUT2D eigenvalue weighted by atomic mass is 36.0. The number of rotatable bonds is 2. The maximum Gasteiger partial charge on any atom is 0.337 e. The third-order valence-corrected chi connectivity index (χ3v) is 2.85. The van der Waals surface area contributed by atoms with Crippen molar-refractivity contribution in [3.8, 4) is 11.5 Å². The van der Waals surface area contributed by atoms with Crippen molar-refractivity contribution >= 4 is 47.7 Å². The molecule has 0 fully saturated rings. The van der Waals surface area contributed by atoms with Gasteiger partial charge in [-0.2, -0.15) is 0 Å². The summed E-state index contributed by atoms with van der Waals surface area (Å²) in [4.78, 5) is 15.7. The minimum absolute atomic E-state index is 0.357. The summed E-state index contributed by atoms with van der Waals surface area (Å²) in [6.07, 6.45) is 0. The summed E-state index contributed by atoms with van der Waals surface area (Å²) >= 11 is 0. The molecule has 3 rings (SSSR count). The number of carbonyl (C=O) groups excluding carboxylic acids is 1. The summed E-state index contributed by atoms with van der Waals surface area (Å²) in [5.41, 5.74) is 2.88. The van der Waals surface area contributed by atoms with E-state index in [-0.39, 0.29) is 5.97 Å². The molecule has 0 aliphatic carbocycles. The van der Waals surface area contributed by atoms with Crippen LogP contribution in [0.15, 0.2) is 52.9 Å². The van der Waals surface area contributed by atoms with Gasteiger partial charge >= 0.3 is 5.97 Å². The first-order valence-electron chi connectivity index (χ1n) is 6.30. The van der Waals surface area contributed by atoms with Crippen molar-refractivity contribution in [2.24, 2.45) is 0 Å². The van der Waals surface area contributed by atoms with Crippen molar-refractivity contribution in [2.45, 2.75) is 0 Å². The average molecular weight is 372 g/mol. The fourth-order valence-electron chi connectivity index (χ4n) is 1.86. The van der Waals surface area contributed by atoms with E-state index in [0.717, 1.165) is 16.7 Å². The molecule has 120 valence electrons. The van der Waals surface area contributed by atoms with Crippen LogP contribution in [0.1, 0.15) is 10.4 Å². The highest BCUT2D eigenvalue weighted by molar-refractivity contribution is 8.26. The minimum Gasteiger partial charge on any atom is -0.465 e. The molecule has 0 unspecified atom stereocenters. The van der Waals surface area contributed by atoms with Crippen LogP contribution >= 0.6 is 21.4 Å². The van der Waals surface area contributed by atoms with Gasteiger partial charge in [-0.05, 0) is 36.4 Å². The smallest absolute Gasteiger partial charge is 0.337 e. The summed E-state index contributed by atoms with van der Waals surface area (Å²) < 4.78 is 19.4. The number of fused-ring (bicyclic) bond motifs is 1. The van der Waals surface area contributed by atoms with Crippen LogP contribution in [0.3, 0.4) is 0 Å². The SMILES string of the molecule is COC(=O)c1ccc(-c2nc3ccccc3o2)cc1.O=S(Cl)Cl. The molecule has 2 aromatic carbocycles. The lowest BCUT2D eigenvalue weighted by molar-refractivity contribution is 0.0600. The molecule has 0 saturated carbocycles. The summed E-state index contributed by atoms with van der Waals surface area (Å²) in [6.45, 7) is 0. The van der Waals surface area contributed by atoms with E-state index in [0.29, 0.717) is 11.5 Å². The molecule has 3 aromatic rings. The predicted octanol–water partition coefficient (Wildman–Crippen LogP) is 4.32. The quantitative estimate of drug-likeness (QED) is 0.495. The molecule has 0 bridgehead atoms. The highest BCUT2D eigenvalue weighted by Crippen LogP contribution is 2.24. The van der Waals surface area contributed by atoms with E-state index in [9.17, 15) is 4.79 Å². The number of oxazole rings is 1. The van der Waals surface area contributed by atoms with Crippen molar-refractivity contribution < 1.29 is 18.2 Å². The molecule has 0 atom stereocenters. The van der Waals surface area contributed by atoms with Crippen molar-refractivity contribution in [1.29, 1.82) is 0 Å². The maximum absolute atomic E-state index is 11.3. The second kappa shape index (κ2) is 8.10. The van der Waals surface area contributed by atoms with Gasteiger partial charge in [-0.15, -0.1) is 0 Å². The van der Waals surface area contributed by atoms with Gasteiger partial charge in [-0.25, -0.2) is 14.0 Å². The first kappa shape index (κ1) is 17.5. The van der Waals surface area contributed by atoms with Gasteiger partial charge in [0.25, 0.3) is 0 Å². The van der Waals surface area contributed by atoms with Gasteiger partial charge in [0.05, 0.1) is 12.7 Å². The standard InChI is InChI=1S/C15H11NO3.Cl2OS/c1-18-15(17)11-8-6-10(7-9-11)14-16-12-4-2-3-5-13(12)19-14;1-4(2)3/h2-9H,1H3;. The van der Waals surface area contributed by atoms with Crippen molar-refractivity contribution in [3.63, 3.8) is 0 Å². The molecular weight excluding hydrogens is 361 g/mol. The molecule has 1 heterocycles. The Morgan fingerprint density at radius 1 is 1.13 bits per heavy atom. The Kier molecular flexibility index (Phi) is 6.15. The topological polar surface area (TPSA) is 69.4 Å². The number of benzene rings is 2. The monoisotopic (exact) mass is 371 g/mol. The number of aromatic nitrogens is 1. The van der Waals surface area contributed by atoms with E-state index in [1.165, 1.54) is 7.11 Å². The van der Waals surface area contributed by atoms with Crippen LogP contribution in [0.2, 0.25) is 0 Å². The molecule has 0 radical (unpaired) electrons. The number of halogens is 2. The Balaban J connectivity index is 0.000000433. The molecule has 5 nitrogen and oxygen atoms in total. The van der Waals surface area contributed by atoms with Gasteiger partial charge < -0.3 is 9.15 Å². The Morgan fingerprint density at radius 3 is 2.30 bits per heavy atom. The van der Waals surface area contributed by atoms with Gasteiger partial charge in [0.2, 0.25) is 15.1 Å².